The summed E-state index contributed by atoms with van der Waals surface area (Å²) in [6.45, 7) is 9.39. The van der Waals surface area contributed by atoms with E-state index in [0.717, 1.165) is 62.7 Å². The molecule has 0 radical (unpaired) electrons. The molecule has 1 aliphatic carbocycles. The second-order valence-electron chi connectivity index (χ2n) is 12.0. The predicted molar refractivity (Wildman–Crippen MR) is 178 cm³/mol. The predicted octanol–water partition coefficient (Wildman–Crippen LogP) is 5.05. The molecule has 6 rings (SSSR count). The molecule has 3 amide bonds. The number of anilines is 3. The maximum Gasteiger partial charge on any atom is 0.275 e. The number of ether oxygens (including phenoxy) is 1. The summed E-state index contributed by atoms with van der Waals surface area (Å²) in [5, 5.41) is 8.92. The van der Waals surface area contributed by atoms with Gasteiger partial charge < -0.3 is 30.1 Å². The first-order valence-corrected chi connectivity index (χ1v) is 17.0. The molecular formula is C34H42N6O4S. The molecule has 0 spiro atoms. The molecule has 2 aromatic carbocycles. The number of hydrogen-bond donors (Lipinski definition) is 2. The number of carbonyl (C=O) groups is 3. The van der Waals surface area contributed by atoms with Crippen LogP contribution in [0.5, 0.6) is 5.75 Å². The van der Waals surface area contributed by atoms with E-state index < -0.39 is 0 Å². The fourth-order valence-electron chi connectivity index (χ4n) is 6.09. The van der Waals surface area contributed by atoms with E-state index in [0.29, 0.717) is 61.2 Å². The van der Waals surface area contributed by atoms with Crippen molar-refractivity contribution in [1.82, 2.24) is 15.2 Å². The molecule has 1 saturated carbocycles. The van der Waals surface area contributed by atoms with Crippen LogP contribution in [0.1, 0.15) is 76.4 Å². The number of amides is 3. The van der Waals surface area contributed by atoms with Crippen LogP contribution < -0.4 is 25.2 Å². The van der Waals surface area contributed by atoms with E-state index in [-0.39, 0.29) is 17.7 Å². The van der Waals surface area contributed by atoms with Crippen LogP contribution in [0, 0.1) is 6.92 Å². The zero-order valence-corrected chi connectivity index (χ0v) is 27.0. The topological polar surface area (TPSA) is 107 Å². The third-order valence-corrected chi connectivity index (χ3v) is 9.72. The molecule has 3 aromatic rings. The largest absolute Gasteiger partial charge is 0.493 e. The number of aryl methyl sites for hydroxylation is 1. The smallest absolute Gasteiger partial charge is 0.275 e. The third kappa shape index (κ3) is 7.24. The molecule has 3 heterocycles. The van der Waals surface area contributed by atoms with Gasteiger partial charge in [-0.15, -0.1) is 11.3 Å². The van der Waals surface area contributed by atoms with E-state index in [1.54, 1.807) is 6.07 Å². The fourth-order valence-corrected chi connectivity index (χ4v) is 7.06. The van der Waals surface area contributed by atoms with Crippen molar-refractivity contribution in [1.29, 1.82) is 0 Å². The first kappa shape index (κ1) is 30.9. The number of carbonyl (C=O) groups excluding carboxylic acids is 3. The highest BCUT2D eigenvalue weighted by Crippen LogP contribution is 2.41. The van der Waals surface area contributed by atoms with Gasteiger partial charge in [-0.05, 0) is 57.2 Å². The minimum atomic E-state index is -0.288. The van der Waals surface area contributed by atoms with E-state index in [1.807, 2.05) is 23.3 Å². The second-order valence-corrected chi connectivity index (χ2v) is 12.8. The number of nitrogens with one attached hydrogen (secondary N) is 2. The normalized spacial score (nSPS) is 16.7. The van der Waals surface area contributed by atoms with Crippen LogP contribution in [0.15, 0.2) is 41.8 Å². The number of rotatable bonds is 12. The lowest BCUT2D eigenvalue weighted by Gasteiger charge is -2.39. The van der Waals surface area contributed by atoms with Crippen molar-refractivity contribution >= 4 is 46.1 Å². The van der Waals surface area contributed by atoms with Crippen molar-refractivity contribution in [3.8, 4) is 5.75 Å². The van der Waals surface area contributed by atoms with Crippen LogP contribution in [0.4, 0.5) is 17.1 Å². The van der Waals surface area contributed by atoms with Crippen molar-refractivity contribution in [2.75, 3.05) is 67.5 Å². The van der Waals surface area contributed by atoms with Crippen molar-refractivity contribution in [3.05, 3.63) is 63.6 Å². The van der Waals surface area contributed by atoms with Gasteiger partial charge in [0, 0.05) is 75.3 Å². The number of piperazine rings is 1. The van der Waals surface area contributed by atoms with E-state index in [9.17, 15) is 14.4 Å². The van der Waals surface area contributed by atoms with Crippen LogP contribution in [0.3, 0.4) is 0 Å². The Balaban J connectivity index is 1.23. The number of benzene rings is 2. The molecule has 3 aliphatic rings. The first-order chi connectivity index (χ1) is 21.9. The lowest BCUT2D eigenvalue weighted by atomic mass is 10.1. The van der Waals surface area contributed by atoms with E-state index in [1.165, 1.54) is 22.6 Å². The third-order valence-electron chi connectivity index (χ3n) is 8.71. The number of thiazole rings is 1. The Morgan fingerprint density at radius 1 is 1.02 bits per heavy atom. The van der Waals surface area contributed by atoms with Crippen molar-refractivity contribution in [3.63, 3.8) is 0 Å². The van der Waals surface area contributed by atoms with Gasteiger partial charge in [0.05, 0.1) is 28.6 Å². The Hall–Kier alpha value is -4.12. The van der Waals surface area contributed by atoms with Crippen LogP contribution >= 0.6 is 11.3 Å². The number of aromatic nitrogens is 1. The van der Waals surface area contributed by atoms with Crippen molar-refractivity contribution in [2.45, 2.75) is 51.9 Å². The summed E-state index contributed by atoms with van der Waals surface area (Å²) in [5.41, 5.74) is 4.61. The summed E-state index contributed by atoms with van der Waals surface area (Å²) in [4.78, 5) is 50.0. The molecule has 11 heteroatoms. The molecule has 238 valence electrons. The van der Waals surface area contributed by atoms with Gasteiger partial charge in [-0.2, -0.15) is 0 Å². The van der Waals surface area contributed by atoms with Crippen LogP contribution in [-0.2, 0) is 4.79 Å². The quantitative estimate of drug-likeness (QED) is 0.270. The van der Waals surface area contributed by atoms with E-state index in [4.69, 9.17) is 4.74 Å². The minimum absolute atomic E-state index is 0.181. The highest BCUT2D eigenvalue weighted by atomic mass is 32.1. The Morgan fingerprint density at radius 2 is 1.78 bits per heavy atom. The zero-order valence-electron chi connectivity index (χ0n) is 26.1. The highest BCUT2D eigenvalue weighted by Gasteiger charge is 2.29. The Labute approximate surface area is 268 Å². The monoisotopic (exact) mass is 630 g/mol. The van der Waals surface area contributed by atoms with Gasteiger partial charge in [-0.25, -0.2) is 4.98 Å². The van der Waals surface area contributed by atoms with Gasteiger partial charge in [0.1, 0.15) is 11.4 Å². The first-order valence-electron chi connectivity index (χ1n) is 16.1. The molecule has 2 saturated heterocycles. The lowest BCUT2D eigenvalue weighted by Crippen LogP contribution is -2.47. The molecule has 0 bridgehead atoms. The second kappa shape index (κ2) is 13.9. The van der Waals surface area contributed by atoms with Gasteiger partial charge in [0.2, 0.25) is 5.91 Å². The Morgan fingerprint density at radius 3 is 2.47 bits per heavy atom. The molecule has 2 aliphatic heterocycles. The molecule has 45 heavy (non-hydrogen) atoms. The van der Waals surface area contributed by atoms with Gasteiger partial charge >= 0.3 is 0 Å². The van der Waals surface area contributed by atoms with E-state index >= 15 is 0 Å². The molecule has 10 nitrogen and oxygen atoms in total. The van der Waals surface area contributed by atoms with E-state index in [2.05, 4.69) is 56.6 Å². The van der Waals surface area contributed by atoms with Crippen molar-refractivity contribution in [2.24, 2.45) is 0 Å². The summed E-state index contributed by atoms with van der Waals surface area (Å²) >= 11 is 1.53. The van der Waals surface area contributed by atoms with Crippen molar-refractivity contribution < 1.29 is 19.1 Å². The fraction of sp³-hybridized carbons (Fsp3) is 0.471. The zero-order chi connectivity index (χ0) is 31.3. The molecule has 0 unspecified atom stereocenters. The summed E-state index contributed by atoms with van der Waals surface area (Å²) in [7, 11) is 0. The van der Waals surface area contributed by atoms with Crippen LogP contribution in [-0.4, -0.2) is 80.0 Å². The number of nitrogens with zero attached hydrogens (tertiary/aromatic N) is 4. The van der Waals surface area contributed by atoms with Crippen LogP contribution in [0.25, 0.3) is 0 Å². The van der Waals surface area contributed by atoms with Crippen LogP contribution in [0.2, 0.25) is 0 Å². The van der Waals surface area contributed by atoms with Gasteiger partial charge in [0.15, 0.2) is 0 Å². The number of para-hydroxylation sites is 1. The Kier molecular flexibility index (Phi) is 9.53. The summed E-state index contributed by atoms with van der Waals surface area (Å²) in [5.74, 6) is 0.566. The van der Waals surface area contributed by atoms with Gasteiger partial charge in [0.25, 0.3) is 11.8 Å². The Bertz CT molecular complexity index is 1550. The summed E-state index contributed by atoms with van der Waals surface area (Å²) in [6, 6.07) is 12.0. The maximum absolute atomic E-state index is 13.5. The highest BCUT2D eigenvalue weighted by molar-refractivity contribution is 7.10. The number of likely N-dealkylation sites (tertiary alicyclic amines) is 1. The average molecular weight is 631 g/mol. The minimum Gasteiger partial charge on any atom is -0.493 e. The average Bonchev–Trinajstić information content (AvgIpc) is 3.63. The standard InChI is InChI=1S/C34H42N6O4S/c1-3-44-30-21-29(39-18-16-38(17-19-39)28-9-5-4-8-23(28)2)26(36-33(43)27-22-45-34(37-27)24-11-12-24)20-25(30)32(42)35-13-7-15-40-14-6-10-31(40)41/h4-5,8-9,20-22,24H,3,6-7,10-19H2,1-2H3,(H,35,42)(H,36,43). The number of hydrogen-bond acceptors (Lipinski definition) is 8. The molecule has 2 N–H and O–H groups in total. The lowest BCUT2D eigenvalue weighted by molar-refractivity contribution is -0.127. The molecule has 3 fully saturated rings. The molecule has 0 atom stereocenters. The van der Waals surface area contributed by atoms with Gasteiger partial charge in [-0.3, -0.25) is 14.4 Å². The van der Waals surface area contributed by atoms with Gasteiger partial charge in [-0.1, -0.05) is 18.2 Å². The SMILES string of the molecule is CCOc1cc(N2CCN(c3ccccc3C)CC2)c(NC(=O)c2csc(C3CC3)n2)cc1C(=O)NCCCN1CCCC1=O. The summed E-state index contributed by atoms with van der Waals surface area (Å²) < 4.78 is 6.00. The summed E-state index contributed by atoms with van der Waals surface area (Å²) in [6.07, 6.45) is 4.42. The maximum atomic E-state index is 13.5. The molecular weight excluding hydrogens is 588 g/mol. The molecule has 1 aromatic heterocycles.